The zero-order valence-electron chi connectivity index (χ0n) is 15.4. The van der Waals surface area contributed by atoms with Crippen LogP contribution in [0.25, 0.3) is 33.5 Å². The Bertz CT molecular complexity index is 1150. The van der Waals surface area contributed by atoms with Crippen molar-refractivity contribution in [1.29, 1.82) is 0 Å². The smallest absolute Gasteiger partial charge is 0.244 e. The van der Waals surface area contributed by atoms with E-state index in [2.05, 4.69) is 9.97 Å². The molecule has 5 heteroatoms. The summed E-state index contributed by atoms with van der Waals surface area (Å²) in [4.78, 5) is 9.25. The molecule has 0 saturated heterocycles. The lowest BCUT2D eigenvalue weighted by molar-refractivity contribution is -0.137. The zero-order valence-corrected chi connectivity index (χ0v) is 15.4. The average Bonchev–Trinajstić information content (AvgIpc) is 2.67. The highest BCUT2D eigenvalue weighted by molar-refractivity contribution is 5.86. The Kier molecular flexibility index (Phi) is 4.38. The molecule has 0 amide bonds. The molecule has 2 nitrogen and oxygen atoms in total. The first-order valence-electron chi connectivity index (χ1n) is 8.84. The van der Waals surface area contributed by atoms with Gasteiger partial charge in [-0.1, -0.05) is 59.7 Å². The Hall–Kier alpha value is -3.21. The minimum atomic E-state index is -4.42. The minimum Gasteiger partial charge on any atom is -0.244 e. The van der Waals surface area contributed by atoms with Gasteiger partial charge in [0.2, 0.25) is 0 Å². The van der Waals surface area contributed by atoms with Crippen LogP contribution in [0.3, 0.4) is 0 Å². The quantitative estimate of drug-likeness (QED) is 0.393. The second kappa shape index (κ2) is 6.75. The molecule has 1 heterocycles. The molecular weight excluding hydrogens is 361 g/mol. The first-order valence-corrected chi connectivity index (χ1v) is 8.84. The lowest BCUT2D eigenvalue weighted by Gasteiger charge is -2.13. The predicted octanol–water partition coefficient (Wildman–Crippen LogP) is 6.60. The molecule has 140 valence electrons. The van der Waals surface area contributed by atoms with Crippen LogP contribution in [0.15, 0.2) is 66.7 Å². The van der Waals surface area contributed by atoms with E-state index < -0.39 is 11.7 Å². The number of hydrogen-bond donors (Lipinski definition) is 0. The van der Waals surface area contributed by atoms with Gasteiger partial charge in [0.25, 0.3) is 0 Å². The fourth-order valence-electron chi connectivity index (χ4n) is 3.06. The van der Waals surface area contributed by atoms with Crippen LogP contribution in [0, 0.1) is 13.8 Å². The molecule has 0 atom stereocenters. The standard InChI is InChI=1S/C23H17F3N2/c1-14-3-7-16(8-4-14)21-22(17-9-5-15(2)6-10-17)28-20-13-18(23(24,25)26)11-12-19(20)27-21/h3-13H,1-2H3. The maximum atomic E-state index is 13.1. The monoisotopic (exact) mass is 378 g/mol. The Morgan fingerprint density at radius 2 is 1.07 bits per heavy atom. The highest BCUT2D eigenvalue weighted by Gasteiger charge is 2.30. The minimum absolute atomic E-state index is 0.223. The fraction of sp³-hybridized carbons (Fsp3) is 0.130. The van der Waals surface area contributed by atoms with Crippen LogP contribution in [0.2, 0.25) is 0 Å². The third-order valence-electron chi connectivity index (χ3n) is 4.64. The first-order chi connectivity index (χ1) is 13.3. The van der Waals surface area contributed by atoms with Gasteiger partial charge in [0, 0.05) is 11.1 Å². The van der Waals surface area contributed by atoms with Crippen molar-refractivity contribution in [2.24, 2.45) is 0 Å². The van der Waals surface area contributed by atoms with E-state index >= 15 is 0 Å². The van der Waals surface area contributed by atoms with Gasteiger partial charge in [-0.2, -0.15) is 13.2 Å². The van der Waals surface area contributed by atoms with Crippen molar-refractivity contribution in [3.63, 3.8) is 0 Å². The SMILES string of the molecule is Cc1ccc(-c2nc3ccc(C(F)(F)F)cc3nc2-c2ccc(C)cc2)cc1. The van der Waals surface area contributed by atoms with Crippen LogP contribution in [0.4, 0.5) is 13.2 Å². The summed E-state index contributed by atoms with van der Waals surface area (Å²) in [5, 5.41) is 0. The van der Waals surface area contributed by atoms with Gasteiger partial charge < -0.3 is 0 Å². The summed E-state index contributed by atoms with van der Waals surface area (Å²) in [6, 6.07) is 19.1. The van der Waals surface area contributed by atoms with Gasteiger partial charge in [-0.15, -0.1) is 0 Å². The molecule has 0 spiro atoms. The number of nitrogens with zero attached hydrogens (tertiary/aromatic N) is 2. The molecule has 0 radical (unpaired) electrons. The van der Waals surface area contributed by atoms with Crippen LogP contribution >= 0.6 is 0 Å². The van der Waals surface area contributed by atoms with E-state index in [-0.39, 0.29) is 5.52 Å². The number of rotatable bonds is 2. The van der Waals surface area contributed by atoms with Crippen molar-refractivity contribution >= 4 is 11.0 Å². The average molecular weight is 378 g/mol. The highest BCUT2D eigenvalue weighted by atomic mass is 19.4. The number of hydrogen-bond acceptors (Lipinski definition) is 2. The molecule has 4 aromatic rings. The topological polar surface area (TPSA) is 25.8 Å². The van der Waals surface area contributed by atoms with Gasteiger partial charge >= 0.3 is 6.18 Å². The summed E-state index contributed by atoms with van der Waals surface area (Å²) in [6.07, 6.45) is -4.42. The van der Waals surface area contributed by atoms with E-state index in [1.165, 1.54) is 6.07 Å². The van der Waals surface area contributed by atoms with Crippen molar-refractivity contribution in [2.45, 2.75) is 20.0 Å². The van der Waals surface area contributed by atoms with Crippen molar-refractivity contribution < 1.29 is 13.2 Å². The normalized spacial score (nSPS) is 11.8. The summed E-state index contributed by atoms with van der Waals surface area (Å²) in [6.45, 7) is 3.97. The van der Waals surface area contributed by atoms with E-state index in [1.54, 1.807) is 0 Å². The predicted molar refractivity (Wildman–Crippen MR) is 105 cm³/mol. The molecule has 0 fully saturated rings. The number of fused-ring (bicyclic) bond motifs is 1. The van der Waals surface area contributed by atoms with Crippen molar-refractivity contribution in [3.8, 4) is 22.5 Å². The van der Waals surface area contributed by atoms with Gasteiger partial charge in [0.05, 0.1) is 28.0 Å². The van der Waals surface area contributed by atoms with E-state index in [0.717, 1.165) is 34.4 Å². The molecule has 4 rings (SSSR count). The molecule has 1 aromatic heterocycles. The molecule has 0 N–H and O–H groups in total. The van der Waals surface area contributed by atoms with Crippen molar-refractivity contribution in [1.82, 2.24) is 9.97 Å². The maximum Gasteiger partial charge on any atom is 0.416 e. The zero-order chi connectivity index (χ0) is 19.9. The van der Waals surface area contributed by atoms with E-state index in [4.69, 9.17) is 0 Å². The molecule has 0 aliphatic rings. The lowest BCUT2D eigenvalue weighted by atomic mass is 10.0. The van der Waals surface area contributed by atoms with Gasteiger partial charge in [-0.3, -0.25) is 0 Å². The van der Waals surface area contributed by atoms with Crippen LogP contribution in [-0.4, -0.2) is 9.97 Å². The van der Waals surface area contributed by atoms with E-state index in [9.17, 15) is 13.2 Å². The maximum absolute atomic E-state index is 13.1. The van der Waals surface area contributed by atoms with Gasteiger partial charge in [0.1, 0.15) is 0 Å². The summed E-state index contributed by atoms with van der Waals surface area (Å²) in [5.74, 6) is 0. The van der Waals surface area contributed by atoms with Crippen LogP contribution < -0.4 is 0 Å². The molecule has 28 heavy (non-hydrogen) atoms. The third kappa shape index (κ3) is 3.48. The first kappa shape index (κ1) is 18.2. The molecule has 0 aliphatic heterocycles. The highest BCUT2D eigenvalue weighted by Crippen LogP contribution is 2.34. The summed E-state index contributed by atoms with van der Waals surface area (Å²) >= 11 is 0. The Labute approximate surface area is 160 Å². The van der Waals surface area contributed by atoms with Crippen LogP contribution in [-0.2, 0) is 6.18 Å². The Morgan fingerprint density at radius 3 is 1.54 bits per heavy atom. The summed E-state index contributed by atoms with van der Waals surface area (Å²) in [7, 11) is 0. The third-order valence-corrected chi connectivity index (χ3v) is 4.64. The lowest BCUT2D eigenvalue weighted by Crippen LogP contribution is -2.05. The second-order valence-electron chi connectivity index (χ2n) is 6.85. The largest absolute Gasteiger partial charge is 0.416 e. The van der Waals surface area contributed by atoms with Gasteiger partial charge in [-0.25, -0.2) is 9.97 Å². The van der Waals surface area contributed by atoms with E-state index in [1.807, 2.05) is 62.4 Å². The summed E-state index contributed by atoms with van der Waals surface area (Å²) in [5.41, 5.74) is 5.03. The van der Waals surface area contributed by atoms with Gasteiger partial charge in [0.15, 0.2) is 0 Å². The molecule has 3 aromatic carbocycles. The molecule has 0 saturated carbocycles. The molecule has 0 aliphatic carbocycles. The van der Waals surface area contributed by atoms with E-state index in [0.29, 0.717) is 16.9 Å². The van der Waals surface area contributed by atoms with Crippen LogP contribution in [0.5, 0.6) is 0 Å². The molecular formula is C23H17F3N2. The Balaban J connectivity index is 1.98. The molecule has 0 unspecified atom stereocenters. The molecule has 0 bridgehead atoms. The van der Waals surface area contributed by atoms with Crippen molar-refractivity contribution in [3.05, 3.63) is 83.4 Å². The summed E-state index contributed by atoms with van der Waals surface area (Å²) < 4.78 is 39.4. The van der Waals surface area contributed by atoms with Gasteiger partial charge in [-0.05, 0) is 32.0 Å². The number of aromatic nitrogens is 2. The Morgan fingerprint density at radius 1 is 0.607 bits per heavy atom. The second-order valence-corrected chi connectivity index (χ2v) is 6.85. The fourth-order valence-corrected chi connectivity index (χ4v) is 3.06. The van der Waals surface area contributed by atoms with Crippen molar-refractivity contribution in [2.75, 3.05) is 0 Å². The number of benzene rings is 3. The number of aryl methyl sites for hydroxylation is 2. The van der Waals surface area contributed by atoms with Crippen LogP contribution in [0.1, 0.15) is 16.7 Å². The number of halogens is 3. The number of alkyl halides is 3.